The molecule has 0 saturated carbocycles. The van der Waals surface area contributed by atoms with Crippen molar-refractivity contribution in [3.8, 4) is 101 Å². The minimum absolute atomic E-state index is 0.0108. The maximum atomic E-state index is 14.4. The molecule has 82 heavy (non-hydrogen) atoms. The molecule has 5 aromatic carbocycles. The van der Waals surface area contributed by atoms with Crippen molar-refractivity contribution in [2.24, 2.45) is 0 Å². The van der Waals surface area contributed by atoms with Gasteiger partial charge in [0.25, 0.3) is 17.9 Å². The molecule has 0 aliphatic heterocycles. The predicted octanol–water partition coefficient (Wildman–Crippen LogP) is 14.3. The number of nitriles is 5. The van der Waals surface area contributed by atoms with E-state index in [9.17, 15) is 37.7 Å². The second-order valence-electron chi connectivity index (χ2n) is 14.3. The zero-order valence-corrected chi connectivity index (χ0v) is 47.5. The number of ketones is 2. The quantitative estimate of drug-likeness (QED) is 0.0430. The molecule has 0 radical (unpaired) electrons. The third-order valence-electron chi connectivity index (χ3n) is 9.34. The summed E-state index contributed by atoms with van der Waals surface area (Å²) in [6.45, 7) is 41.6. The molecule has 0 saturated heterocycles. The topological polar surface area (TPSA) is 175 Å². The number of rotatable bonds is 4. The van der Waals surface area contributed by atoms with Crippen LogP contribution in [0.3, 0.4) is 0 Å². The molecular weight excluding hydrogens is 1170 g/mol. The fourth-order valence-electron chi connectivity index (χ4n) is 5.96. The van der Waals surface area contributed by atoms with Crippen molar-refractivity contribution in [3.05, 3.63) is 210 Å². The summed E-state index contributed by atoms with van der Waals surface area (Å²) in [6.07, 6.45) is 11.4. The van der Waals surface area contributed by atoms with Crippen molar-refractivity contribution in [2.75, 3.05) is 6.54 Å². The molecule has 6 rings (SSSR count). The molecule has 0 spiro atoms. The van der Waals surface area contributed by atoms with E-state index in [0.717, 1.165) is 36.4 Å². The molecule has 0 heterocycles. The van der Waals surface area contributed by atoms with Gasteiger partial charge in [0, 0.05) is 11.1 Å². The maximum absolute atomic E-state index is 14.4. The molecule has 398 valence electrons. The van der Waals surface area contributed by atoms with E-state index >= 15 is 0 Å². The predicted molar refractivity (Wildman–Crippen MR) is 305 cm³/mol. The molecular formula is C61H32Cl4F4N10O2Ti. The fourth-order valence-corrected chi connectivity index (χ4v) is 5.96. The van der Waals surface area contributed by atoms with Gasteiger partial charge in [0.05, 0.1) is 49.6 Å². The van der Waals surface area contributed by atoms with Gasteiger partial charge in [-0.25, -0.2) is 54.0 Å². The summed E-state index contributed by atoms with van der Waals surface area (Å²) in [7, 11) is 20.1. The summed E-state index contributed by atoms with van der Waals surface area (Å²) in [4.78, 5) is 40.0. The Morgan fingerprint density at radius 1 is 0.549 bits per heavy atom. The van der Waals surface area contributed by atoms with Gasteiger partial charge < -0.3 is 4.85 Å². The average Bonchev–Trinajstić information content (AvgIpc) is 3.52. The van der Waals surface area contributed by atoms with E-state index in [1.165, 1.54) is 60.7 Å². The third kappa shape index (κ3) is 23.2. The summed E-state index contributed by atoms with van der Waals surface area (Å²) in [5.74, 6) is 10.4. The van der Waals surface area contributed by atoms with E-state index in [1.54, 1.807) is 44.2 Å². The van der Waals surface area contributed by atoms with E-state index < -0.39 is 47.2 Å². The zero-order valence-electron chi connectivity index (χ0n) is 42.9. The molecule has 0 N–H and O–H groups in total. The second kappa shape index (κ2) is 38.0. The van der Waals surface area contributed by atoms with Crippen LogP contribution in [0.2, 0.25) is 0 Å². The van der Waals surface area contributed by atoms with Crippen molar-refractivity contribution < 1.29 is 39.5 Å². The molecule has 0 atom stereocenters. The summed E-state index contributed by atoms with van der Waals surface area (Å²) in [5.41, 5.74) is -0.430. The summed E-state index contributed by atoms with van der Waals surface area (Å²) in [6, 6.07) is 25.9. The first-order chi connectivity index (χ1) is 39.0. The van der Waals surface area contributed by atoms with E-state index in [2.05, 4.69) is 66.2 Å². The summed E-state index contributed by atoms with van der Waals surface area (Å²) in [5, 5.41) is 44.5. The van der Waals surface area contributed by atoms with Crippen LogP contribution >= 0.6 is 37.2 Å². The van der Waals surface area contributed by atoms with Gasteiger partial charge in [-0.3, -0.25) is 9.59 Å². The molecule has 1 aliphatic carbocycles. The van der Waals surface area contributed by atoms with E-state index in [1.807, 2.05) is 13.8 Å². The van der Waals surface area contributed by atoms with Crippen LogP contribution in [0.4, 0.5) is 28.9 Å². The van der Waals surface area contributed by atoms with Gasteiger partial charge in [0.1, 0.15) is 41.5 Å². The Balaban J connectivity index is 0.00000119. The van der Waals surface area contributed by atoms with E-state index in [4.69, 9.17) is 92.3 Å². The van der Waals surface area contributed by atoms with E-state index in [-0.39, 0.29) is 95.4 Å². The molecule has 0 unspecified atom stereocenters. The van der Waals surface area contributed by atoms with Crippen LogP contribution in [0.5, 0.6) is 0 Å². The van der Waals surface area contributed by atoms with Crippen molar-refractivity contribution in [3.63, 3.8) is 0 Å². The van der Waals surface area contributed by atoms with Crippen molar-refractivity contribution in [1.82, 2.24) is 0 Å². The normalized spacial score (nSPS) is 10.5. The van der Waals surface area contributed by atoms with Gasteiger partial charge in [-0.1, -0.05) is 54.5 Å². The Morgan fingerprint density at radius 3 is 1.15 bits per heavy atom. The fraction of sp³-hybridized carbons (Fsp3) is 0.0820. The van der Waals surface area contributed by atoms with Crippen LogP contribution in [-0.4, -0.2) is 18.1 Å². The number of hydrogen-bond donors (Lipinski definition) is 0. The van der Waals surface area contributed by atoms with Crippen LogP contribution < -0.4 is 10.4 Å². The molecule has 5 aromatic rings. The molecule has 12 nitrogen and oxygen atoms in total. The number of carbonyl (C=O) groups is 2. The van der Waals surface area contributed by atoms with Gasteiger partial charge in [-0.05, 0) is 132 Å². The average molecular weight is 1200 g/mol. The van der Waals surface area contributed by atoms with Crippen molar-refractivity contribution >= 4 is 82.7 Å². The molecule has 21 heteroatoms. The van der Waals surface area contributed by atoms with Gasteiger partial charge >= 0.3 is 49.6 Å². The number of nitrogens with zero attached hydrogens (tertiary/aromatic N) is 10. The first-order valence-corrected chi connectivity index (χ1v) is 30.4. The number of hydrogen-bond acceptors (Lipinski definition) is 7. The van der Waals surface area contributed by atoms with Gasteiger partial charge in [0.15, 0.2) is 11.6 Å². The SMILES string of the molecule is C#CC.C#CC#CC.CC#CC.[C-]#[N+]/C(C#N)=c1/cc(-c2ccc(C#N)c(F)c2)/c(=C(\C#N)[N+]#[C-])cc1-c1ccc([N+]#[C-])c(F)c1.[C-]#[N+]CC#N.[C-]#[N+]c1ccc(C2=CC(=O)C(c3ccc(C#N)c(F)c3)=CC2=O)cc1F.[Cl][Ti]([Cl])([Cl])[Cl]. The Kier molecular flexibility index (Phi) is 33.1. The Labute approximate surface area is 490 Å². The Bertz CT molecular complexity index is 3900. The van der Waals surface area contributed by atoms with Crippen molar-refractivity contribution in [2.45, 2.75) is 27.7 Å². The zero-order chi connectivity index (χ0) is 62.5. The van der Waals surface area contributed by atoms with Crippen LogP contribution in [0, 0.1) is 161 Å². The molecule has 0 bridgehead atoms. The minimum atomic E-state index is -3.11. The van der Waals surface area contributed by atoms with Crippen LogP contribution in [0.15, 0.2) is 97.1 Å². The van der Waals surface area contributed by atoms with E-state index in [0.29, 0.717) is 0 Å². The number of benzene rings is 5. The number of allylic oxidation sites excluding steroid dienone is 4. The molecule has 0 amide bonds. The Morgan fingerprint density at radius 2 is 0.890 bits per heavy atom. The first kappa shape index (κ1) is 71.4. The standard InChI is InChI=1S/C26H8F2N6.C20H8F2N2O2.C5H4.C4H6.C3H2N2.C3H4.4ClH.Ti/c1-32-24-7-6-16(9-23(24)28)19-11-20(25(13-30)33-2)18(10-21(19)26(14-31)34-3)15-4-5-17(12-29)22(27)8-15;1-24-18-5-4-12(7-17(18)22)15-9-19(25)14(8-20(15)26)11-2-3-13(10-23)16(21)6-11;1-3-5-4-2;1-3-4-2;1-5-3-2-4;1-3-2;;;;;/h4-11H;2-9H;1H,2H3;1-2H3;3H2;1H,2H3;4*1H;/q;;;;;;;;;;+4/p-4/b25-20+,26-21-;;;;;;;;;;. The second-order valence-corrected chi connectivity index (χ2v) is 29.8. The number of terminal acetylenes is 2. The molecule has 0 fully saturated rings. The number of carbonyl (C=O) groups excluding carboxylic acids is 2. The third-order valence-corrected chi connectivity index (χ3v) is 9.34. The van der Waals surface area contributed by atoms with Gasteiger partial charge in [-0.2, -0.15) is 15.8 Å². The molecule has 0 aromatic heterocycles. The summed E-state index contributed by atoms with van der Waals surface area (Å²) < 4.78 is 56.2. The summed E-state index contributed by atoms with van der Waals surface area (Å²) >= 11 is -3.11. The monoisotopic (exact) mass is 1200 g/mol. The van der Waals surface area contributed by atoms with Gasteiger partial charge in [0.2, 0.25) is 11.4 Å². The number of halogens is 8. The van der Waals surface area contributed by atoms with Gasteiger partial charge in [-0.15, -0.1) is 30.6 Å². The Hall–Kier alpha value is -10.6. The van der Waals surface area contributed by atoms with Crippen LogP contribution in [-0.2, 0) is 21.9 Å². The van der Waals surface area contributed by atoms with Crippen LogP contribution in [0.25, 0.3) is 69.0 Å². The van der Waals surface area contributed by atoms with Crippen molar-refractivity contribution in [1.29, 1.82) is 26.3 Å². The molecule has 1 aliphatic rings. The first-order valence-electron chi connectivity index (χ1n) is 21.8. The van der Waals surface area contributed by atoms with Crippen LogP contribution in [0.1, 0.15) is 49.9 Å².